The van der Waals surface area contributed by atoms with E-state index in [1.54, 1.807) is 0 Å². The van der Waals surface area contributed by atoms with E-state index in [1.807, 2.05) is 0 Å². The standard InChI is InChI=1S/C12H19N3S/c1-9-8-15(10-4-5-10)12(14-9)13-7-11-3-2-6-16-11/h8,10-11H,2-7H2,1H3,(H,13,14). The van der Waals surface area contributed by atoms with Crippen molar-refractivity contribution in [1.29, 1.82) is 0 Å². The summed E-state index contributed by atoms with van der Waals surface area (Å²) in [7, 11) is 0. The maximum Gasteiger partial charge on any atom is 0.203 e. The number of anilines is 1. The van der Waals surface area contributed by atoms with Crippen molar-refractivity contribution in [2.24, 2.45) is 0 Å². The molecular formula is C12H19N3S. The number of hydrogen-bond donors (Lipinski definition) is 1. The molecule has 1 aromatic rings. The molecule has 0 aromatic carbocycles. The monoisotopic (exact) mass is 237 g/mol. The van der Waals surface area contributed by atoms with E-state index in [0.717, 1.165) is 29.5 Å². The van der Waals surface area contributed by atoms with Crippen LogP contribution in [0.25, 0.3) is 0 Å². The highest BCUT2D eigenvalue weighted by molar-refractivity contribution is 8.00. The minimum absolute atomic E-state index is 0.722. The quantitative estimate of drug-likeness (QED) is 0.873. The summed E-state index contributed by atoms with van der Waals surface area (Å²) in [4.78, 5) is 4.58. The Kier molecular flexibility index (Phi) is 2.84. The van der Waals surface area contributed by atoms with Gasteiger partial charge in [0.15, 0.2) is 0 Å². The average molecular weight is 237 g/mol. The predicted molar refractivity (Wildman–Crippen MR) is 69.2 cm³/mol. The lowest BCUT2D eigenvalue weighted by molar-refractivity contribution is 0.733. The van der Waals surface area contributed by atoms with E-state index in [9.17, 15) is 0 Å². The van der Waals surface area contributed by atoms with Crippen LogP contribution < -0.4 is 5.32 Å². The van der Waals surface area contributed by atoms with Crippen LogP contribution in [0.3, 0.4) is 0 Å². The highest BCUT2D eigenvalue weighted by atomic mass is 32.2. The fraction of sp³-hybridized carbons (Fsp3) is 0.750. The van der Waals surface area contributed by atoms with Crippen LogP contribution in [0.1, 0.15) is 37.4 Å². The first-order valence-corrected chi connectivity index (χ1v) is 7.29. The van der Waals surface area contributed by atoms with Crippen LogP contribution in [0.15, 0.2) is 6.20 Å². The third-order valence-corrected chi connectivity index (χ3v) is 4.70. The lowest BCUT2D eigenvalue weighted by Crippen LogP contribution is -2.16. The van der Waals surface area contributed by atoms with Gasteiger partial charge in [-0.3, -0.25) is 0 Å². The third kappa shape index (κ3) is 2.21. The molecule has 1 unspecified atom stereocenters. The molecule has 1 aliphatic carbocycles. The zero-order valence-corrected chi connectivity index (χ0v) is 10.6. The number of hydrogen-bond acceptors (Lipinski definition) is 3. The van der Waals surface area contributed by atoms with Crippen molar-refractivity contribution in [3.05, 3.63) is 11.9 Å². The maximum atomic E-state index is 4.58. The zero-order valence-electron chi connectivity index (χ0n) is 9.78. The second kappa shape index (κ2) is 4.32. The van der Waals surface area contributed by atoms with Crippen LogP contribution in [0, 0.1) is 6.92 Å². The van der Waals surface area contributed by atoms with Crippen molar-refractivity contribution in [2.75, 3.05) is 17.6 Å². The highest BCUT2D eigenvalue weighted by Gasteiger charge is 2.26. The fourth-order valence-electron chi connectivity index (χ4n) is 2.29. The van der Waals surface area contributed by atoms with E-state index >= 15 is 0 Å². The largest absolute Gasteiger partial charge is 0.355 e. The Hall–Kier alpha value is -0.640. The number of rotatable bonds is 4. The van der Waals surface area contributed by atoms with Crippen molar-refractivity contribution in [3.63, 3.8) is 0 Å². The van der Waals surface area contributed by atoms with Crippen molar-refractivity contribution < 1.29 is 0 Å². The highest BCUT2D eigenvalue weighted by Crippen LogP contribution is 2.37. The molecule has 2 aliphatic rings. The Morgan fingerprint density at radius 1 is 1.50 bits per heavy atom. The Bertz CT molecular complexity index is 364. The van der Waals surface area contributed by atoms with Crippen LogP contribution in [0.2, 0.25) is 0 Å². The molecule has 0 spiro atoms. The van der Waals surface area contributed by atoms with Crippen molar-refractivity contribution in [3.8, 4) is 0 Å². The summed E-state index contributed by atoms with van der Waals surface area (Å²) < 4.78 is 2.33. The third-order valence-electron chi connectivity index (χ3n) is 3.30. The second-order valence-corrected chi connectivity index (χ2v) is 6.27. The minimum Gasteiger partial charge on any atom is -0.355 e. The molecule has 4 heteroatoms. The number of nitrogens with zero attached hydrogens (tertiary/aromatic N) is 2. The number of aryl methyl sites for hydroxylation is 1. The Morgan fingerprint density at radius 3 is 3.06 bits per heavy atom. The minimum atomic E-state index is 0.722. The van der Waals surface area contributed by atoms with E-state index in [0.29, 0.717) is 0 Å². The summed E-state index contributed by atoms with van der Waals surface area (Å²) in [5, 5.41) is 4.32. The molecule has 1 aliphatic heterocycles. The van der Waals surface area contributed by atoms with Gasteiger partial charge in [0.1, 0.15) is 0 Å². The lowest BCUT2D eigenvalue weighted by Gasteiger charge is -2.12. The summed E-state index contributed by atoms with van der Waals surface area (Å²) in [6.45, 7) is 3.15. The van der Waals surface area contributed by atoms with Crippen LogP contribution in [0.4, 0.5) is 5.95 Å². The predicted octanol–water partition coefficient (Wildman–Crippen LogP) is 2.83. The normalized spacial score (nSPS) is 24.9. The van der Waals surface area contributed by atoms with Gasteiger partial charge < -0.3 is 9.88 Å². The van der Waals surface area contributed by atoms with E-state index in [-0.39, 0.29) is 0 Å². The molecule has 88 valence electrons. The number of aromatic nitrogens is 2. The van der Waals surface area contributed by atoms with Gasteiger partial charge in [-0.05, 0) is 38.4 Å². The molecule has 3 rings (SSSR count). The van der Waals surface area contributed by atoms with E-state index in [2.05, 4.69) is 39.8 Å². The van der Waals surface area contributed by atoms with Gasteiger partial charge >= 0.3 is 0 Å². The second-order valence-electron chi connectivity index (χ2n) is 4.86. The Morgan fingerprint density at radius 2 is 2.38 bits per heavy atom. The first kappa shape index (κ1) is 10.5. The van der Waals surface area contributed by atoms with Crippen LogP contribution in [0.5, 0.6) is 0 Å². The molecule has 3 nitrogen and oxygen atoms in total. The van der Waals surface area contributed by atoms with Gasteiger partial charge in [0.2, 0.25) is 5.95 Å². The molecule has 1 saturated carbocycles. The Balaban J connectivity index is 1.63. The summed E-state index contributed by atoms with van der Waals surface area (Å²) in [5.74, 6) is 2.43. The molecule has 0 radical (unpaired) electrons. The van der Waals surface area contributed by atoms with Gasteiger partial charge in [0.05, 0.1) is 5.69 Å². The zero-order chi connectivity index (χ0) is 11.0. The van der Waals surface area contributed by atoms with Crippen molar-refractivity contribution >= 4 is 17.7 Å². The first-order valence-electron chi connectivity index (χ1n) is 6.24. The van der Waals surface area contributed by atoms with E-state index in [4.69, 9.17) is 0 Å². The maximum absolute atomic E-state index is 4.58. The van der Waals surface area contributed by atoms with Gasteiger partial charge in [-0.25, -0.2) is 4.98 Å². The van der Waals surface area contributed by atoms with Gasteiger partial charge in [0, 0.05) is 24.0 Å². The smallest absolute Gasteiger partial charge is 0.203 e. The number of imidazole rings is 1. The van der Waals surface area contributed by atoms with Gasteiger partial charge in [-0.15, -0.1) is 0 Å². The van der Waals surface area contributed by atoms with Gasteiger partial charge in [-0.1, -0.05) is 0 Å². The van der Waals surface area contributed by atoms with Crippen LogP contribution in [-0.4, -0.2) is 27.1 Å². The van der Waals surface area contributed by atoms with Crippen LogP contribution in [-0.2, 0) is 0 Å². The van der Waals surface area contributed by atoms with Crippen molar-refractivity contribution in [1.82, 2.24) is 9.55 Å². The van der Waals surface area contributed by atoms with Crippen molar-refractivity contribution in [2.45, 2.75) is 43.9 Å². The van der Waals surface area contributed by atoms with Gasteiger partial charge in [-0.2, -0.15) is 11.8 Å². The SMILES string of the molecule is Cc1cn(C2CC2)c(NCC2CCCS2)n1. The molecule has 16 heavy (non-hydrogen) atoms. The topological polar surface area (TPSA) is 29.9 Å². The number of nitrogens with one attached hydrogen (secondary N) is 1. The molecule has 1 N–H and O–H groups in total. The molecule has 1 saturated heterocycles. The van der Waals surface area contributed by atoms with Crippen LogP contribution >= 0.6 is 11.8 Å². The Labute approximate surface area is 101 Å². The molecule has 0 amide bonds. The molecule has 2 fully saturated rings. The molecule has 2 heterocycles. The summed E-state index contributed by atoms with van der Waals surface area (Å²) in [6, 6.07) is 0.722. The van der Waals surface area contributed by atoms with Gasteiger partial charge in [0.25, 0.3) is 0 Å². The summed E-state index contributed by atoms with van der Waals surface area (Å²) in [5.41, 5.74) is 1.13. The fourth-order valence-corrected chi connectivity index (χ4v) is 3.49. The first-order chi connectivity index (χ1) is 7.83. The number of thioether (sulfide) groups is 1. The van der Waals surface area contributed by atoms with E-state index < -0.39 is 0 Å². The molecule has 0 bridgehead atoms. The lowest BCUT2D eigenvalue weighted by atomic mass is 10.2. The van der Waals surface area contributed by atoms with E-state index in [1.165, 1.54) is 31.4 Å². The summed E-state index contributed by atoms with van der Waals surface area (Å²) in [6.07, 6.45) is 7.57. The molecule has 1 aromatic heterocycles. The molecular weight excluding hydrogens is 218 g/mol. The summed E-state index contributed by atoms with van der Waals surface area (Å²) >= 11 is 2.10. The average Bonchev–Trinajstić information content (AvgIpc) is 2.85. The molecule has 1 atom stereocenters.